The number of amides is 1. The van der Waals surface area contributed by atoms with Crippen molar-refractivity contribution >= 4 is 23.4 Å². The van der Waals surface area contributed by atoms with E-state index in [0.29, 0.717) is 16.3 Å². The van der Waals surface area contributed by atoms with Gasteiger partial charge < -0.3 is 26.0 Å². The SMILES string of the molecule is CC(C)(C)OC(=O)NCC(O)C(O)c1cc(Cl)ccc1N. The van der Waals surface area contributed by atoms with Crippen LogP contribution in [0.5, 0.6) is 0 Å². The van der Waals surface area contributed by atoms with Crippen LogP contribution in [0.4, 0.5) is 10.5 Å². The molecule has 118 valence electrons. The van der Waals surface area contributed by atoms with Crippen molar-refractivity contribution in [2.24, 2.45) is 0 Å². The summed E-state index contributed by atoms with van der Waals surface area (Å²) in [6.45, 7) is 5.00. The number of nitrogens with two attached hydrogens (primary N) is 1. The molecule has 2 unspecified atom stereocenters. The summed E-state index contributed by atoms with van der Waals surface area (Å²) in [6, 6.07) is 4.59. The van der Waals surface area contributed by atoms with Gasteiger partial charge in [-0.1, -0.05) is 11.6 Å². The second-order valence-electron chi connectivity index (χ2n) is 5.67. The molecular formula is C14H21ClN2O4. The van der Waals surface area contributed by atoms with Crippen molar-refractivity contribution in [1.29, 1.82) is 0 Å². The Morgan fingerprint density at radius 2 is 2.05 bits per heavy atom. The number of alkyl carbamates (subject to hydrolysis) is 1. The molecule has 0 aromatic heterocycles. The van der Waals surface area contributed by atoms with Crippen LogP contribution < -0.4 is 11.1 Å². The molecule has 0 heterocycles. The molecule has 7 heteroatoms. The summed E-state index contributed by atoms with van der Waals surface area (Å²) in [5.74, 6) is 0. The Labute approximate surface area is 128 Å². The Balaban J connectivity index is 2.61. The number of nitrogen functional groups attached to an aromatic ring is 1. The molecule has 21 heavy (non-hydrogen) atoms. The van der Waals surface area contributed by atoms with Crippen molar-refractivity contribution in [1.82, 2.24) is 5.32 Å². The molecule has 0 bridgehead atoms. The van der Waals surface area contributed by atoms with Crippen LogP contribution in [0.25, 0.3) is 0 Å². The zero-order valence-electron chi connectivity index (χ0n) is 12.3. The fourth-order valence-corrected chi connectivity index (χ4v) is 1.80. The van der Waals surface area contributed by atoms with E-state index in [2.05, 4.69) is 5.32 Å². The normalized spacial score (nSPS) is 14.4. The van der Waals surface area contributed by atoms with Gasteiger partial charge in [-0.05, 0) is 39.0 Å². The lowest BCUT2D eigenvalue weighted by atomic mass is 10.0. The topological polar surface area (TPSA) is 105 Å². The minimum absolute atomic E-state index is 0.179. The largest absolute Gasteiger partial charge is 0.444 e. The van der Waals surface area contributed by atoms with Gasteiger partial charge in [-0.2, -0.15) is 0 Å². The van der Waals surface area contributed by atoms with Crippen LogP contribution in [0.2, 0.25) is 5.02 Å². The van der Waals surface area contributed by atoms with Gasteiger partial charge in [0, 0.05) is 22.8 Å². The number of carbonyl (C=O) groups is 1. The molecule has 1 aromatic carbocycles. The van der Waals surface area contributed by atoms with E-state index in [1.54, 1.807) is 26.8 Å². The average Bonchev–Trinajstić information content (AvgIpc) is 2.36. The number of benzene rings is 1. The summed E-state index contributed by atoms with van der Waals surface area (Å²) in [4.78, 5) is 11.5. The number of rotatable bonds is 4. The number of anilines is 1. The maximum atomic E-state index is 11.5. The smallest absolute Gasteiger partial charge is 0.407 e. The van der Waals surface area contributed by atoms with E-state index in [4.69, 9.17) is 22.1 Å². The van der Waals surface area contributed by atoms with Gasteiger partial charge in [0.1, 0.15) is 17.8 Å². The van der Waals surface area contributed by atoms with Gasteiger partial charge in [0.25, 0.3) is 0 Å². The number of halogens is 1. The summed E-state index contributed by atoms with van der Waals surface area (Å²) in [5.41, 5.74) is 5.71. The van der Waals surface area contributed by atoms with Crippen LogP contribution in [0.3, 0.4) is 0 Å². The lowest BCUT2D eigenvalue weighted by Gasteiger charge is -2.23. The van der Waals surface area contributed by atoms with Crippen molar-refractivity contribution in [2.45, 2.75) is 38.6 Å². The highest BCUT2D eigenvalue weighted by Gasteiger charge is 2.23. The molecule has 5 N–H and O–H groups in total. The highest BCUT2D eigenvalue weighted by molar-refractivity contribution is 6.30. The van der Waals surface area contributed by atoms with Crippen molar-refractivity contribution in [3.63, 3.8) is 0 Å². The fourth-order valence-electron chi connectivity index (χ4n) is 1.62. The molecule has 1 aromatic rings. The summed E-state index contributed by atoms with van der Waals surface area (Å²) in [6.07, 6.45) is -3.18. The van der Waals surface area contributed by atoms with Gasteiger partial charge in [0.05, 0.1) is 0 Å². The van der Waals surface area contributed by atoms with Crippen LogP contribution in [-0.4, -0.2) is 34.6 Å². The van der Waals surface area contributed by atoms with E-state index in [0.717, 1.165) is 0 Å². The predicted octanol–water partition coefficient (Wildman–Crippen LogP) is 1.84. The highest BCUT2D eigenvalue weighted by atomic mass is 35.5. The first-order valence-electron chi connectivity index (χ1n) is 6.48. The Bertz CT molecular complexity index is 502. The first kappa shape index (κ1) is 17.6. The monoisotopic (exact) mass is 316 g/mol. The lowest BCUT2D eigenvalue weighted by molar-refractivity contribution is 0.0133. The van der Waals surface area contributed by atoms with Gasteiger partial charge in [-0.15, -0.1) is 0 Å². The number of carbonyl (C=O) groups excluding carboxylic acids is 1. The zero-order valence-corrected chi connectivity index (χ0v) is 13.0. The number of aliphatic hydroxyl groups excluding tert-OH is 2. The first-order valence-corrected chi connectivity index (χ1v) is 6.86. The van der Waals surface area contributed by atoms with E-state index >= 15 is 0 Å². The number of ether oxygens (including phenoxy) is 1. The van der Waals surface area contributed by atoms with Crippen molar-refractivity contribution < 1.29 is 19.7 Å². The van der Waals surface area contributed by atoms with Crippen LogP contribution in [-0.2, 0) is 4.74 Å². The van der Waals surface area contributed by atoms with E-state index in [1.165, 1.54) is 12.1 Å². The van der Waals surface area contributed by atoms with Crippen molar-refractivity contribution in [3.8, 4) is 0 Å². The van der Waals surface area contributed by atoms with E-state index in [9.17, 15) is 15.0 Å². The summed E-state index contributed by atoms with van der Waals surface area (Å²) >= 11 is 5.83. The number of hydrogen-bond acceptors (Lipinski definition) is 5. The van der Waals surface area contributed by atoms with Gasteiger partial charge in [0.2, 0.25) is 0 Å². The molecule has 1 rings (SSSR count). The standard InChI is InChI=1S/C14H21ClN2O4/c1-14(2,3)21-13(20)17-7-11(18)12(19)9-6-8(15)4-5-10(9)16/h4-6,11-12,18-19H,7,16H2,1-3H3,(H,17,20). The van der Waals surface area contributed by atoms with Gasteiger partial charge in [-0.25, -0.2) is 4.79 Å². The van der Waals surface area contributed by atoms with Gasteiger partial charge in [0.15, 0.2) is 0 Å². The predicted molar refractivity (Wildman–Crippen MR) is 81.1 cm³/mol. The molecule has 0 aliphatic heterocycles. The van der Waals surface area contributed by atoms with E-state index in [-0.39, 0.29) is 6.54 Å². The third kappa shape index (κ3) is 5.79. The summed E-state index contributed by atoms with van der Waals surface area (Å²) in [5, 5.41) is 22.7. The maximum Gasteiger partial charge on any atom is 0.407 e. The Hall–Kier alpha value is -1.50. The Kier molecular flexibility index (Phi) is 5.83. The number of hydrogen-bond donors (Lipinski definition) is 4. The second kappa shape index (κ2) is 6.98. The molecular weight excluding hydrogens is 296 g/mol. The Morgan fingerprint density at radius 3 is 2.62 bits per heavy atom. The Morgan fingerprint density at radius 1 is 1.43 bits per heavy atom. The second-order valence-corrected chi connectivity index (χ2v) is 6.10. The van der Waals surface area contributed by atoms with Crippen LogP contribution in [0.15, 0.2) is 18.2 Å². The van der Waals surface area contributed by atoms with Crippen molar-refractivity contribution in [3.05, 3.63) is 28.8 Å². The molecule has 0 aliphatic carbocycles. The first-order chi connectivity index (χ1) is 9.60. The van der Waals surface area contributed by atoms with Crippen LogP contribution in [0, 0.1) is 0 Å². The van der Waals surface area contributed by atoms with Crippen LogP contribution in [0.1, 0.15) is 32.4 Å². The quantitative estimate of drug-likeness (QED) is 0.634. The maximum absolute atomic E-state index is 11.5. The summed E-state index contributed by atoms with van der Waals surface area (Å²) < 4.78 is 5.03. The van der Waals surface area contributed by atoms with E-state index in [1.807, 2.05) is 0 Å². The minimum atomic E-state index is -1.27. The minimum Gasteiger partial charge on any atom is -0.444 e. The molecule has 0 radical (unpaired) electrons. The third-order valence-corrected chi connectivity index (χ3v) is 2.82. The zero-order chi connectivity index (χ0) is 16.2. The molecule has 2 atom stereocenters. The van der Waals surface area contributed by atoms with Crippen molar-refractivity contribution in [2.75, 3.05) is 12.3 Å². The molecule has 1 amide bonds. The summed E-state index contributed by atoms with van der Waals surface area (Å²) in [7, 11) is 0. The highest BCUT2D eigenvalue weighted by Crippen LogP contribution is 2.26. The van der Waals surface area contributed by atoms with Gasteiger partial charge in [-0.3, -0.25) is 0 Å². The third-order valence-electron chi connectivity index (χ3n) is 2.59. The number of nitrogens with one attached hydrogen (secondary N) is 1. The lowest BCUT2D eigenvalue weighted by Crippen LogP contribution is -2.39. The molecule has 6 nitrogen and oxygen atoms in total. The number of aliphatic hydroxyl groups is 2. The van der Waals surface area contributed by atoms with E-state index < -0.39 is 23.9 Å². The molecule has 0 aliphatic rings. The van der Waals surface area contributed by atoms with Gasteiger partial charge >= 0.3 is 6.09 Å². The molecule has 0 saturated heterocycles. The van der Waals surface area contributed by atoms with Crippen LogP contribution >= 0.6 is 11.6 Å². The molecule has 0 fully saturated rings. The molecule has 0 spiro atoms. The average molecular weight is 317 g/mol. The fraction of sp³-hybridized carbons (Fsp3) is 0.500. The molecule has 0 saturated carbocycles.